The Kier molecular flexibility index (Phi) is 3.04. The number of aromatic nitrogens is 2. The molecule has 0 radical (unpaired) electrons. The minimum absolute atomic E-state index is 0.00324. The summed E-state index contributed by atoms with van der Waals surface area (Å²) in [6.07, 6.45) is 1.97. The summed E-state index contributed by atoms with van der Waals surface area (Å²) in [4.78, 5) is 4.64. The fourth-order valence-electron chi connectivity index (χ4n) is 1.96. The predicted molar refractivity (Wildman–Crippen MR) is 72.3 cm³/mol. The highest BCUT2D eigenvalue weighted by Gasteiger charge is 2.23. The molecule has 2 aromatic heterocycles. The molecule has 17 heavy (non-hydrogen) atoms. The average Bonchev–Trinajstić information content (AvgIpc) is 2.56. The molecule has 92 valence electrons. The predicted octanol–water partition coefficient (Wildman–Crippen LogP) is 3.20. The van der Waals surface area contributed by atoms with Crippen LogP contribution in [0.5, 0.6) is 0 Å². The normalized spacial score (nSPS) is 12.4. The van der Waals surface area contributed by atoms with Gasteiger partial charge < -0.3 is 9.51 Å². The van der Waals surface area contributed by atoms with E-state index in [0.717, 1.165) is 27.1 Å². The molecule has 4 heteroatoms. The average molecular weight is 297 g/mol. The zero-order valence-corrected chi connectivity index (χ0v) is 12.2. The summed E-state index contributed by atoms with van der Waals surface area (Å²) in [5.41, 5.74) is 3.79. The fraction of sp³-hybridized carbons (Fsp3) is 0.462. The van der Waals surface area contributed by atoms with Crippen LogP contribution >= 0.6 is 15.9 Å². The maximum atomic E-state index is 9.55. The third-order valence-corrected chi connectivity index (χ3v) is 3.69. The van der Waals surface area contributed by atoms with E-state index in [1.165, 1.54) is 0 Å². The van der Waals surface area contributed by atoms with Gasteiger partial charge in [0.1, 0.15) is 5.65 Å². The number of pyridine rings is 1. The maximum Gasteiger partial charge on any atom is 0.137 e. The molecule has 0 spiro atoms. The lowest BCUT2D eigenvalue weighted by atomic mass is 9.91. The van der Waals surface area contributed by atoms with E-state index in [1.54, 1.807) is 0 Å². The zero-order valence-electron chi connectivity index (χ0n) is 10.6. The monoisotopic (exact) mass is 296 g/mol. The van der Waals surface area contributed by atoms with Gasteiger partial charge in [-0.05, 0) is 34.5 Å². The van der Waals surface area contributed by atoms with E-state index in [2.05, 4.69) is 41.7 Å². The third-order valence-electron chi connectivity index (χ3n) is 2.86. The SMILES string of the molecule is Cc1cc2nc(C(C)(C)C)c(CO)n2cc1Br. The molecule has 0 aliphatic heterocycles. The molecule has 0 bridgehead atoms. The van der Waals surface area contributed by atoms with Crippen LogP contribution in [0.25, 0.3) is 5.65 Å². The molecule has 0 saturated heterocycles. The summed E-state index contributed by atoms with van der Waals surface area (Å²) in [6.45, 7) is 8.36. The van der Waals surface area contributed by atoms with Crippen molar-refractivity contribution in [2.45, 2.75) is 39.7 Å². The smallest absolute Gasteiger partial charge is 0.137 e. The zero-order chi connectivity index (χ0) is 12.8. The number of aryl methyl sites for hydroxylation is 1. The Morgan fingerprint density at radius 1 is 1.41 bits per heavy atom. The van der Waals surface area contributed by atoms with Gasteiger partial charge in [-0.2, -0.15) is 0 Å². The van der Waals surface area contributed by atoms with E-state index in [1.807, 2.05) is 23.6 Å². The van der Waals surface area contributed by atoms with Gasteiger partial charge in [-0.1, -0.05) is 20.8 Å². The van der Waals surface area contributed by atoms with Gasteiger partial charge in [0.25, 0.3) is 0 Å². The second-order valence-corrected chi connectivity index (χ2v) is 6.20. The lowest BCUT2D eigenvalue weighted by Crippen LogP contribution is -2.14. The Balaban J connectivity index is 2.80. The van der Waals surface area contributed by atoms with Crippen LogP contribution in [0.3, 0.4) is 0 Å². The summed E-state index contributed by atoms with van der Waals surface area (Å²) < 4.78 is 2.98. The molecule has 2 heterocycles. The summed E-state index contributed by atoms with van der Waals surface area (Å²) >= 11 is 3.51. The van der Waals surface area contributed by atoms with E-state index >= 15 is 0 Å². The minimum atomic E-state index is -0.0650. The summed E-state index contributed by atoms with van der Waals surface area (Å²) in [6, 6.07) is 2.03. The van der Waals surface area contributed by atoms with Crippen molar-refractivity contribution in [2.24, 2.45) is 0 Å². The van der Waals surface area contributed by atoms with Crippen molar-refractivity contribution in [3.63, 3.8) is 0 Å². The largest absolute Gasteiger partial charge is 0.390 e. The molecular weight excluding hydrogens is 280 g/mol. The summed E-state index contributed by atoms with van der Waals surface area (Å²) in [5.74, 6) is 0. The Labute approximate surface area is 110 Å². The minimum Gasteiger partial charge on any atom is -0.390 e. The van der Waals surface area contributed by atoms with Crippen LogP contribution in [0.2, 0.25) is 0 Å². The van der Waals surface area contributed by atoms with Crippen molar-refractivity contribution in [3.05, 3.63) is 33.7 Å². The summed E-state index contributed by atoms with van der Waals surface area (Å²) in [5, 5.41) is 9.55. The first-order valence-electron chi connectivity index (χ1n) is 5.63. The van der Waals surface area contributed by atoms with Crippen molar-refractivity contribution in [2.75, 3.05) is 0 Å². The van der Waals surface area contributed by atoms with Crippen LogP contribution in [0.1, 0.15) is 37.7 Å². The first-order chi connectivity index (χ1) is 7.84. The number of halogens is 1. The number of fused-ring (bicyclic) bond motifs is 1. The maximum absolute atomic E-state index is 9.55. The first-order valence-corrected chi connectivity index (χ1v) is 6.42. The molecule has 1 N–H and O–H groups in total. The number of rotatable bonds is 1. The van der Waals surface area contributed by atoms with Gasteiger partial charge in [-0.25, -0.2) is 4.98 Å². The van der Waals surface area contributed by atoms with Gasteiger partial charge in [0.05, 0.1) is 18.0 Å². The Hall–Kier alpha value is -0.870. The number of hydrogen-bond donors (Lipinski definition) is 1. The van der Waals surface area contributed by atoms with E-state index < -0.39 is 0 Å². The van der Waals surface area contributed by atoms with Crippen molar-refractivity contribution in [1.29, 1.82) is 0 Å². The van der Waals surface area contributed by atoms with Crippen molar-refractivity contribution in [1.82, 2.24) is 9.38 Å². The molecule has 0 atom stereocenters. The quantitative estimate of drug-likeness (QED) is 0.877. The van der Waals surface area contributed by atoms with Gasteiger partial charge in [0.15, 0.2) is 0 Å². The Bertz CT molecular complexity index is 567. The summed E-state index contributed by atoms with van der Waals surface area (Å²) in [7, 11) is 0. The highest BCUT2D eigenvalue weighted by atomic mass is 79.9. The molecule has 0 aliphatic rings. The Morgan fingerprint density at radius 3 is 2.59 bits per heavy atom. The first kappa shape index (κ1) is 12.6. The molecule has 2 aromatic rings. The Morgan fingerprint density at radius 2 is 2.06 bits per heavy atom. The van der Waals surface area contributed by atoms with E-state index in [-0.39, 0.29) is 12.0 Å². The van der Waals surface area contributed by atoms with Crippen LogP contribution < -0.4 is 0 Å². The second kappa shape index (κ2) is 4.10. The molecule has 3 nitrogen and oxygen atoms in total. The van der Waals surface area contributed by atoms with Crippen molar-refractivity contribution >= 4 is 21.6 Å². The number of nitrogens with zero attached hydrogens (tertiary/aromatic N) is 2. The molecule has 0 aromatic carbocycles. The van der Waals surface area contributed by atoms with E-state index in [0.29, 0.717) is 0 Å². The lowest BCUT2D eigenvalue weighted by molar-refractivity contribution is 0.272. The topological polar surface area (TPSA) is 37.5 Å². The van der Waals surface area contributed by atoms with Gasteiger partial charge in [0, 0.05) is 16.1 Å². The highest BCUT2D eigenvalue weighted by Crippen LogP contribution is 2.28. The van der Waals surface area contributed by atoms with Gasteiger partial charge in [-0.3, -0.25) is 0 Å². The third kappa shape index (κ3) is 2.11. The molecular formula is C13H17BrN2O. The molecule has 0 fully saturated rings. The fourth-order valence-corrected chi connectivity index (χ4v) is 2.28. The number of aliphatic hydroxyl groups excluding tert-OH is 1. The van der Waals surface area contributed by atoms with Crippen LogP contribution in [-0.4, -0.2) is 14.5 Å². The van der Waals surface area contributed by atoms with E-state index in [9.17, 15) is 5.11 Å². The van der Waals surface area contributed by atoms with Crippen LogP contribution in [-0.2, 0) is 12.0 Å². The van der Waals surface area contributed by atoms with Gasteiger partial charge in [0.2, 0.25) is 0 Å². The molecule has 0 aliphatic carbocycles. The lowest BCUT2D eigenvalue weighted by Gasteiger charge is -2.16. The van der Waals surface area contributed by atoms with Gasteiger partial charge in [-0.15, -0.1) is 0 Å². The highest BCUT2D eigenvalue weighted by molar-refractivity contribution is 9.10. The molecule has 0 amide bonds. The standard InChI is InChI=1S/C13H17BrN2O/c1-8-5-11-15-12(13(2,3)4)10(7-17)16(11)6-9(8)14/h5-6,17H,7H2,1-4H3. The molecule has 0 saturated carbocycles. The van der Waals surface area contributed by atoms with Crippen LogP contribution in [0.4, 0.5) is 0 Å². The van der Waals surface area contributed by atoms with Crippen molar-refractivity contribution in [3.8, 4) is 0 Å². The van der Waals surface area contributed by atoms with Crippen molar-refractivity contribution < 1.29 is 5.11 Å². The van der Waals surface area contributed by atoms with E-state index in [4.69, 9.17) is 0 Å². The van der Waals surface area contributed by atoms with Crippen LogP contribution in [0.15, 0.2) is 16.7 Å². The molecule has 0 unspecified atom stereocenters. The van der Waals surface area contributed by atoms with Crippen LogP contribution in [0, 0.1) is 6.92 Å². The molecule has 2 rings (SSSR count). The number of imidazole rings is 1. The van der Waals surface area contributed by atoms with Gasteiger partial charge >= 0.3 is 0 Å². The second-order valence-electron chi connectivity index (χ2n) is 5.35. The number of aliphatic hydroxyl groups is 1. The number of hydrogen-bond acceptors (Lipinski definition) is 2.